The Bertz CT molecular complexity index is 1880. The van der Waals surface area contributed by atoms with E-state index in [1.807, 2.05) is 39.1 Å². The standard InChI is InChI=1S/C32H35N3O6/c1-9-40-31(37)27-16(4)24(18(6)36)20(33-27)14-19-25-26-21(12-11-13-22(26)39-8)35(7)30(25)17(5)23-15(3)28(34-29(19)23)32(38)41-10-2/h11-13,33-34H,9-10,14H2,1-8H3. The minimum atomic E-state index is -0.509. The third-order valence-electron chi connectivity index (χ3n) is 7.98. The largest absolute Gasteiger partial charge is 0.496 e. The van der Waals surface area contributed by atoms with Crippen LogP contribution in [0.5, 0.6) is 5.75 Å². The monoisotopic (exact) mass is 557 g/mol. The van der Waals surface area contributed by atoms with Crippen LogP contribution in [0.1, 0.15) is 80.1 Å². The van der Waals surface area contributed by atoms with Crippen molar-refractivity contribution in [3.63, 3.8) is 0 Å². The van der Waals surface area contributed by atoms with E-state index in [4.69, 9.17) is 14.2 Å². The number of Topliss-reactive ketones (excluding diaryl/α,β-unsaturated/α-hetero) is 1. The van der Waals surface area contributed by atoms with E-state index in [1.165, 1.54) is 6.92 Å². The molecule has 0 aliphatic heterocycles. The molecule has 5 rings (SSSR count). The van der Waals surface area contributed by atoms with Crippen molar-refractivity contribution >= 4 is 50.4 Å². The maximum Gasteiger partial charge on any atom is 0.355 e. The van der Waals surface area contributed by atoms with E-state index < -0.39 is 11.9 Å². The highest BCUT2D eigenvalue weighted by Gasteiger charge is 2.29. The third-order valence-corrected chi connectivity index (χ3v) is 7.98. The zero-order chi connectivity index (χ0) is 29.7. The number of carbonyl (C=O) groups excluding carboxylic acids is 3. The van der Waals surface area contributed by atoms with Crippen molar-refractivity contribution in [2.24, 2.45) is 7.05 Å². The molecule has 2 aromatic carbocycles. The highest BCUT2D eigenvalue weighted by molar-refractivity contribution is 6.20. The number of methoxy groups -OCH3 is 1. The summed E-state index contributed by atoms with van der Waals surface area (Å²) in [4.78, 5) is 45.3. The Morgan fingerprint density at radius 1 is 0.854 bits per heavy atom. The summed E-state index contributed by atoms with van der Waals surface area (Å²) in [5.74, 6) is -0.383. The van der Waals surface area contributed by atoms with Crippen LogP contribution >= 0.6 is 0 Å². The quantitative estimate of drug-likeness (QED) is 0.173. The van der Waals surface area contributed by atoms with Crippen LogP contribution in [0.15, 0.2) is 18.2 Å². The molecule has 3 aromatic heterocycles. The molecule has 0 radical (unpaired) electrons. The fourth-order valence-electron chi connectivity index (χ4n) is 6.33. The van der Waals surface area contributed by atoms with Crippen molar-refractivity contribution in [3.8, 4) is 5.75 Å². The van der Waals surface area contributed by atoms with Crippen molar-refractivity contribution < 1.29 is 28.6 Å². The number of aromatic amines is 2. The Hall–Kier alpha value is -4.53. The predicted molar refractivity (Wildman–Crippen MR) is 159 cm³/mol. The van der Waals surface area contributed by atoms with E-state index in [9.17, 15) is 14.4 Å². The molecule has 0 bridgehead atoms. The minimum absolute atomic E-state index is 0.158. The van der Waals surface area contributed by atoms with Crippen LogP contribution in [0.3, 0.4) is 0 Å². The molecule has 9 heteroatoms. The van der Waals surface area contributed by atoms with Gasteiger partial charge >= 0.3 is 11.9 Å². The smallest absolute Gasteiger partial charge is 0.355 e. The second kappa shape index (κ2) is 10.5. The number of carbonyl (C=O) groups is 3. The number of nitrogens with one attached hydrogen (secondary N) is 2. The molecule has 0 saturated carbocycles. The minimum Gasteiger partial charge on any atom is -0.496 e. The van der Waals surface area contributed by atoms with Crippen molar-refractivity contribution in [2.45, 2.75) is 48.0 Å². The number of fused-ring (bicyclic) bond motifs is 4. The summed E-state index contributed by atoms with van der Waals surface area (Å²) < 4.78 is 18.6. The lowest BCUT2D eigenvalue weighted by molar-refractivity contribution is 0.0510. The molecular formula is C32H35N3O6. The van der Waals surface area contributed by atoms with E-state index in [0.29, 0.717) is 28.3 Å². The summed E-state index contributed by atoms with van der Waals surface area (Å²) in [6, 6.07) is 5.93. The second-order valence-corrected chi connectivity index (χ2v) is 10.3. The molecule has 0 atom stereocenters. The first kappa shape index (κ1) is 28.0. The van der Waals surface area contributed by atoms with Crippen LogP contribution < -0.4 is 4.74 Å². The van der Waals surface area contributed by atoms with Crippen molar-refractivity contribution in [1.29, 1.82) is 0 Å². The van der Waals surface area contributed by atoms with Crippen LogP contribution in [0.4, 0.5) is 0 Å². The van der Waals surface area contributed by atoms with E-state index in [1.54, 1.807) is 27.9 Å². The van der Waals surface area contributed by atoms with Gasteiger partial charge < -0.3 is 28.7 Å². The van der Waals surface area contributed by atoms with Crippen LogP contribution in [0.25, 0.3) is 32.7 Å². The average molecular weight is 558 g/mol. The topological polar surface area (TPSA) is 115 Å². The van der Waals surface area contributed by atoms with E-state index in [0.717, 1.165) is 49.4 Å². The summed E-state index contributed by atoms with van der Waals surface area (Å²) in [6.07, 6.45) is 0.280. The molecule has 3 heterocycles. The number of rotatable bonds is 8. The number of hydrogen-bond acceptors (Lipinski definition) is 6. The molecule has 0 fully saturated rings. The number of hydrogen-bond donors (Lipinski definition) is 2. The molecule has 0 aliphatic rings. The SMILES string of the molecule is CCOC(=O)c1[nH]c(Cc2c3[nH]c(C(=O)OCC)c(C)c3c(C)c3c2c2c(OC)cccc2n3C)c(C(C)=O)c1C. The molecule has 0 saturated heterocycles. The maximum absolute atomic E-state index is 13.0. The molecule has 0 unspecified atom stereocenters. The van der Waals surface area contributed by atoms with Gasteiger partial charge in [0.25, 0.3) is 0 Å². The van der Waals surface area contributed by atoms with Gasteiger partial charge in [-0.25, -0.2) is 9.59 Å². The molecule has 5 aromatic rings. The van der Waals surface area contributed by atoms with Gasteiger partial charge in [0.2, 0.25) is 0 Å². The van der Waals surface area contributed by atoms with Crippen molar-refractivity contribution in [1.82, 2.24) is 14.5 Å². The second-order valence-electron chi connectivity index (χ2n) is 10.3. The van der Waals surface area contributed by atoms with Gasteiger partial charge in [0.05, 0.1) is 36.9 Å². The van der Waals surface area contributed by atoms with E-state index >= 15 is 0 Å². The van der Waals surface area contributed by atoms with Crippen molar-refractivity contribution in [2.75, 3.05) is 20.3 Å². The molecule has 0 amide bonds. The number of ketones is 1. The van der Waals surface area contributed by atoms with Gasteiger partial charge in [0.15, 0.2) is 5.78 Å². The number of esters is 2. The molecule has 0 aliphatic carbocycles. The summed E-state index contributed by atoms with van der Waals surface area (Å²) in [5, 5.41) is 2.79. The number of benzene rings is 2. The van der Waals surface area contributed by atoms with Gasteiger partial charge in [-0.2, -0.15) is 0 Å². The number of aryl methyl sites for hydroxylation is 3. The van der Waals surface area contributed by atoms with E-state index in [2.05, 4.69) is 14.5 Å². The maximum atomic E-state index is 13.0. The number of aromatic nitrogens is 3. The first-order chi connectivity index (χ1) is 19.6. The van der Waals surface area contributed by atoms with Gasteiger partial charge in [-0.1, -0.05) is 6.07 Å². The lowest BCUT2D eigenvalue weighted by Gasteiger charge is -2.12. The summed E-state index contributed by atoms with van der Waals surface area (Å²) in [5.41, 5.74) is 7.67. The van der Waals surface area contributed by atoms with Gasteiger partial charge in [-0.05, 0) is 75.9 Å². The molecule has 41 heavy (non-hydrogen) atoms. The zero-order valence-corrected chi connectivity index (χ0v) is 24.8. The lowest BCUT2D eigenvalue weighted by atomic mass is 9.93. The van der Waals surface area contributed by atoms with Crippen LogP contribution in [-0.2, 0) is 22.9 Å². The first-order valence-electron chi connectivity index (χ1n) is 13.7. The summed E-state index contributed by atoms with van der Waals surface area (Å²) >= 11 is 0. The predicted octanol–water partition coefficient (Wildman–Crippen LogP) is 6.22. The van der Waals surface area contributed by atoms with Gasteiger partial charge in [0.1, 0.15) is 17.1 Å². The Morgan fingerprint density at radius 2 is 1.49 bits per heavy atom. The fourth-order valence-corrected chi connectivity index (χ4v) is 6.33. The Labute approximate surface area is 237 Å². The normalized spacial score (nSPS) is 11.5. The summed E-state index contributed by atoms with van der Waals surface area (Å²) in [7, 11) is 3.66. The number of nitrogens with zero attached hydrogens (tertiary/aromatic N) is 1. The first-order valence-corrected chi connectivity index (χ1v) is 13.7. The molecule has 214 valence electrons. The molecule has 0 spiro atoms. The van der Waals surface area contributed by atoms with Crippen LogP contribution in [-0.4, -0.2) is 52.6 Å². The average Bonchev–Trinajstić information content (AvgIpc) is 3.56. The lowest BCUT2D eigenvalue weighted by Crippen LogP contribution is -2.07. The van der Waals surface area contributed by atoms with Gasteiger partial charge in [-0.3, -0.25) is 4.79 Å². The van der Waals surface area contributed by atoms with Gasteiger partial charge in [-0.15, -0.1) is 0 Å². The van der Waals surface area contributed by atoms with Crippen LogP contribution in [0, 0.1) is 20.8 Å². The zero-order valence-electron chi connectivity index (χ0n) is 24.8. The fraction of sp³-hybridized carbons (Fsp3) is 0.344. The Morgan fingerprint density at radius 3 is 2.07 bits per heavy atom. The Kier molecular flexibility index (Phi) is 7.15. The molecule has 9 nitrogen and oxygen atoms in total. The molecule has 2 N–H and O–H groups in total. The summed E-state index contributed by atoms with van der Waals surface area (Å²) in [6.45, 7) is 11.2. The van der Waals surface area contributed by atoms with Gasteiger partial charge in [0, 0.05) is 40.9 Å². The number of H-pyrrole nitrogens is 2. The third kappa shape index (κ3) is 4.18. The van der Waals surface area contributed by atoms with Crippen molar-refractivity contribution in [3.05, 3.63) is 63.1 Å². The Balaban J connectivity index is 1.94. The number of ether oxygens (including phenoxy) is 3. The highest BCUT2D eigenvalue weighted by Crippen LogP contribution is 2.44. The molecular weight excluding hydrogens is 522 g/mol. The highest BCUT2D eigenvalue weighted by atomic mass is 16.5. The van der Waals surface area contributed by atoms with E-state index in [-0.39, 0.29) is 31.1 Å². The van der Waals surface area contributed by atoms with Crippen LogP contribution in [0.2, 0.25) is 0 Å².